The number of benzene rings is 3. The van der Waals surface area contributed by atoms with Crippen molar-refractivity contribution in [3.8, 4) is 5.75 Å². The quantitative estimate of drug-likeness (QED) is 0.330. The first-order valence-electron chi connectivity index (χ1n) is 10.9. The van der Waals surface area contributed by atoms with Gasteiger partial charge in [0.2, 0.25) is 0 Å². The van der Waals surface area contributed by atoms with E-state index in [1.165, 1.54) is 16.7 Å². The van der Waals surface area contributed by atoms with E-state index < -0.39 is 0 Å². The number of carbonyl (C=O) groups excluding carboxylic acids is 1. The summed E-state index contributed by atoms with van der Waals surface area (Å²) in [5.74, 6) is 0.501. The zero-order chi connectivity index (χ0) is 22.2. The average Bonchev–Trinajstić information content (AvgIpc) is 2.83. The van der Waals surface area contributed by atoms with E-state index in [2.05, 4.69) is 41.4 Å². The summed E-state index contributed by atoms with van der Waals surface area (Å²) in [6.07, 6.45) is 4.41. The molecule has 1 atom stereocenters. The van der Waals surface area contributed by atoms with Gasteiger partial charge in [0.1, 0.15) is 25.4 Å². The molecular formula is C27H28N3O2+. The summed E-state index contributed by atoms with van der Waals surface area (Å²) >= 11 is 0. The summed E-state index contributed by atoms with van der Waals surface area (Å²) in [4.78, 5) is 14.0. The van der Waals surface area contributed by atoms with Gasteiger partial charge in [0.25, 0.3) is 5.91 Å². The number of nitrogens with one attached hydrogen (secondary N) is 2. The van der Waals surface area contributed by atoms with E-state index in [1.54, 1.807) is 17.2 Å². The Balaban J connectivity index is 1.30. The third-order valence-electron chi connectivity index (χ3n) is 5.58. The number of carbonyl (C=O) groups is 1. The van der Waals surface area contributed by atoms with Gasteiger partial charge < -0.3 is 9.64 Å². The fourth-order valence-corrected chi connectivity index (χ4v) is 3.93. The predicted octanol–water partition coefficient (Wildman–Crippen LogP) is 3.16. The lowest BCUT2D eigenvalue weighted by Gasteiger charge is -2.26. The monoisotopic (exact) mass is 426 g/mol. The molecule has 32 heavy (non-hydrogen) atoms. The van der Waals surface area contributed by atoms with Gasteiger partial charge in [-0.2, -0.15) is 5.10 Å². The van der Waals surface area contributed by atoms with Crippen molar-refractivity contribution >= 4 is 12.1 Å². The summed E-state index contributed by atoms with van der Waals surface area (Å²) in [6.45, 7) is 7.22. The van der Waals surface area contributed by atoms with Crippen LogP contribution in [0.25, 0.3) is 0 Å². The van der Waals surface area contributed by atoms with Crippen LogP contribution in [0.1, 0.15) is 32.6 Å². The summed E-state index contributed by atoms with van der Waals surface area (Å²) in [7, 11) is 0. The van der Waals surface area contributed by atoms with Crippen LogP contribution in [-0.4, -0.2) is 25.3 Å². The van der Waals surface area contributed by atoms with Gasteiger partial charge >= 0.3 is 0 Å². The van der Waals surface area contributed by atoms with E-state index in [1.807, 2.05) is 48.5 Å². The van der Waals surface area contributed by atoms with E-state index in [-0.39, 0.29) is 5.91 Å². The predicted molar refractivity (Wildman–Crippen MR) is 127 cm³/mol. The fourth-order valence-electron chi connectivity index (χ4n) is 3.93. The highest BCUT2D eigenvalue weighted by Gasteiger charge is 2.19. The highest BCUT2D eigenvalue weighted by atomic mass is 16.5. The summed E-state index contributed by atoms with van der Waals surface area (Å²) in [5.41, 5.74) is 8.17. The number of hydrogen-bond acceptors (Lipinski definition) is 3. The van der Waals surface area contributed by atoms with Crippen molar-refractivity contribution in [1.29, 1.82) is 0 Å². The second kappa shape index (κ2) is 10.6. The van der Waals surface area contributed by atoms with Crippen LogP contribution in [0.2, 0.25) is 0 Å². The normalized spacial score (nSPS) is 15.2. The van der Waals surface area contributed by atoms with Gasteiger partial charge in [-0.3, -0.25) is 4.79 Å². The number of nitrogens with zero attached hydrogens (tertiary/aromatic N) is 1. The Morgan fingerprint density at radius 2 is 1.88 bits per heavy atom. The minimum absolute atomic E-state index is 0.230. The Bertz CT molecular complexity index is 1110. The van der Waals surface area contributed by atoms with Crippen molar-refractivity contribution < 1.29 is 14.4 Å². The minimum atomic E-state index is -0.230. The van der Waals surface area contributed by atoms with E-state index in [0.717, 1.165) is 37.4 Å². The number of hydrazone groups is 1. The molecule has 3 aromatic carbocycles. The Hall–Kier alpha value is -3.70. The molecule has 1 aliphatic rings. The first kappa shape index (κ1) is 21.5. The van der Waals surface area contributed by atoms with Crippen molar-refractivity contribution in [2.75, 3.05) is 13.2 Å². The lowest BCUT2D eigenvalue weighted by molar-refractivity contribution is -0.929. The Morgan fingerprint density at radius 1 is 1.06 bits per heavy atom. The highest BCUT2D eigenvalue weighted by Crippen LogP contribution is 2.13. The maximum Gasteiger partial charge on any atom is 0.271 e. The molecule has 1 heterocycles. The number of quaternary nitrogens is 1. The molecule has 0 aromatic heterocycles. The first-order chi connectivity index (χ1) is 15.7. The van der Waals surface area contributed by atoms with Crippen LogP contribution in [0.4, 0.5) is 0 Å². The number of ether oxygens (including phenoxy) is 1. The lowest BCUT2D eigenvalue weighted by Crippen LogP contribution is -3.10. The molecule has 0 aliphatic carbocycles. The molecule has 162 valence electrons. The maximum atomic E-state index is 12.4. The second-order valence-corrected chi connectivity index (χ2v) is 7.94. The van der Waals surface area contributed by atoms with Crippen LogP contribution in [0.15, 0.2) is 90.6 Å². The third kappa shape index (κ3) is 5.71. The van der Waals surface area contributed by atoms with E-state index in [0.29, 0.717) is 12.2 Å². The smallest absolute Gasteiger partial charge is 0.271 e. The molecule has 0 radical (unpaired) electrons. The van der Waals surface area contributed by atoms with Gasteiger partial charge in [-0.05, 0) is 35.4 Å². The number of amides is 1. The Kier molecular flexibility index (Phi) is 7.10. The molecule has 0 bridgehead atoms. The first-order valence-corrected chi connectivity index (χ1v) is 10.9. The molecule has 0 spiro atoms. The van der Waals surface area contributed by atoms with E-state index in [4.69, 9.17) is 4.74 Å². The molecule has 5 nitrogen and oxygen atoms in total. The molecule has 4 rings (SSSR count). The number of hydrogen-bond donors (Lipinski definition) is 2. The van der Waals surface area contributed by atoms with Crippen molar-refractivity contribution in [3.05, 3.63) is 113 Å². The second-order valence-electron chi connectivity index (χ2n) is 7.94. The largest absolute Gasteiger partial charge is 0.490 e. The zero-order valence-electron chi connectivity index (χ0n) is 18.1. The lowest BCUT2D eigenvalue weighted by atomic mass is 9.99. The molecule has 1 aliphatic heterocycles. The van der Waals surface area contributed by atoms with Crippen molar-refractivity contribution in [2.45, 2.75) is 19.5 Å². The molecule has 2 N–H and O–H groups in total. The molecular weight excluding hydrogens is 398 g/mol. The Morgan fingerprint density at radius 3 is 2.69 bits per heavy atom. The zero-order valence-corrected chi connectivity index (χ0v) is 18.1. The highest BCUT2D eigenvalue weighted by molar-refractivity contribution is 5.94. The summed E-state index contributed by atoms with van der Waals surface area (Å²) < 4.78 is 5.51. The van der Waals surface area contributed by atoms with Crippen molar-refractivity contribution in [3.63, 3.8) is 0 Å². The number of rotatable bonds is 8. The summed E-state index contributed by atoms with van der Waals surface area (Å²) in [5, 5.41) is 4.07. The van der Waals surface area contributed by atoms with E-state index >= 15 is 0 Å². The molecule has 1 unspecified atom stereocenters. The standard InChI is InChI=1S/C27H27N3O2/c1-2-16-32-26-9-5-6-22(17-26)18-28-29-27(31)24-12-10-21(11-13-24)19-30-15-14-23-7-3-4-8-25(23)20-30/h2-13,17-18H,1,14-16,19-20H2,(H,29,31)/p+1/b28-18-. The van der Waals surface area contributed by atoms with Crippen LogP contribution < -0.4 is 15.1 Å². The summed E-state index contributed by atoms with van der Waals surface area (Å²) in [6, 6.07) is 24.0. The van der Waals surface area contributed by atoms with Crippen LogP contribution in [0.5, 0.6) is 5.75 Å². The third-order valence-corrected chi connectivity index (χ3v) is 5.58. The minimum Gasteiger partial charge on any atom is -0.490 e. The molecule has 5 heteroatoms. The van der Waals surface area contributed by atoms with Crippen LogP contribution in [0.3, 0.4) is 0 Å². The van der Waals surface area contributed by atoms with Gasteiger partial charge in [-0.1, -0.05) is 61.2 Å². The van der Waals surface area contributed by atoms with Gasteiger partial charge in [0.05, 0.1) is 12.8 Å². The van der Waals surface area contributed by atoms with Gasteiger partial charge in [0, 0.05) is 23.1 Å². The van der Waals surface area contributed by atoms with Gasteiger partial charge in [0.15, 0.2) is 0 Å². The molecule has 1 amide bonds. The fraction of sp³-hybridized carbons (Fsp3) is 0.185. The van der Waals surface area contributed by atoms with Crippen LogP contribution >= 0.6 is 0 Å². The topological polar surface area (TPSA) is 55.1 Å². The van der Waals surface area contributed by atoms with Crippen LogP contribution in [0, 0.1) is 0 Å². The maximum absolute atomic E-state index is 12.4. The van der Waals surface area contributed by atoms with Crippen LogP contribution in [-0.2, 0) is 19.5 Å². The molecule has 0 saturated carbocycles. The Labute approximate surface area is 189 Å². The SMILES string of the molecule is C=CCOc1cccc(/C=N\NC(=O)c2ccc(C[NH+]3CCc4ccccc4C3)cc2)c1. The van der Waals surface area contributed by atoms with Crippen molar-refractivity contribution in [2.24, 2.45) is 5.10 Å². The van der Waals surface area contributed by atoms with E-state index in [9.17, 15) is 4.79 Å². The van der Waals surface area contributed by atoms with Gasteiger partial charge in [-0.15, -0.1) is 0 Å². The van der Waals surface area contributed by atoms with Crippen molar-refractivity contribution in [1.82, 2.24) is 5.43 Å². The molecule has 3 aromatic rings. The molecule has 0 fully saturated rings. The number of fused-ring (bicyclic) bond motifs is 1. The molecule has 0 saturated heterocycles. The van der Waals surface area contributed by atoms with Gasteiger partial charge in [-0.25, -0.2) is 5.43 Å². The average molecular weight is 427 g/mol.